The number of alkyl halides is 3. The van der Waals surface area contributed by atoms with Crippen LogP contribution in [0.1, 0.15) is 46.8 Å². The van der Waals surface area contributed by atoms with Gasteiger partial charge in [0.2, 0.25) is 0 Å². The Labute approximate surface area is 225 Å². The summed E-state index contributed by atoms with van der Waals surface area (Å²) in [7, 11) is -5.98. The number of carbonyl (C=O) groups excluding carboxylic acids is 2. The molecule has 0 saturated carbocycles. The number of methoxy groups -OCH3 is 2. The predicted molar refractivity (Wildman–Crippen MR) is 131 cm³/mol. The zero-order valence-corrected chi connectivity index (χ0v) is 19.7. The Morgan fingerprint density at radius 2 is 1.79 bits per heavy atom. The van der Waals surface area contributed by atoms with Crippen molar-refractivity contribution in [3.63, 3.8) is 0 Å². The molecule has 0 aliphatic carbocycles. The van der Waals surface area contributed by atoms with Crippen molar-refractivity contribution in [1.82, 2.24) is 15.2 Å². The number of piperidine rings is 1. The normalized spacial score (nSPS) is 20.4. The van der Waals surface area contributed by atoms with Gasteiger partial charge in [-0.15, -0.1) is 13.2 Å². The number of benzene rings is 2. The van der Waals surface area contributed by atoms with Gasteiger partial charge in [-0.1, -0.05) is 42.5 Å². The quantitative estimate of drug-likeness (QED) is 0.482. The van der Waals surface area contributed by atoms with Crippen LogP contribution >= 0.6 is 0 Å². The summed E-state index contributed by atoms with van der Waals surface area (Å²) in [6, 6.07) is 14.2. The lowest BCUT2D eigenvalue weighted by Gasteiger charge is -2.39. The van der Waals surface area contributed by atoms with Gasteiger partial charge in [0.15, 0.2) is 5.75 Å². The van der Waals surface area contributed by atoms with E-state index in [1.165, 1.54) is 23.1 Å². The number of nitrogens with one attached hydrogen (secondary N) is 1. The third kappa shape index (κ3) is 6.16. The number of ether oxygens (including phenoxy) is 3. The molecule has 4 rings (SSSR count). The highest BCUT2D eigenvalue weighted by atomic mass is 19.4. The lowest BCUT2D eigenvalue weighted by Crippen LogP contribution is -2.51. The lowest BCUT2D eigenvalue weighted by atomic mass is 9.85. The zero-order valence-electron chi connectivity index (χ0n) is 25.7. The van der Waals surface area contributed by atoms with E-state index in [-0.39, 0.29) is 30.6 Å². The third-order valence-electron chi connectivity index (χ3n) is 6.07. The van der Waals surface area contributed by atoms with E-state index in [0.717, 1.165) is 23.9 Å². The number of hydrogen-bond acceptors (Lipinski definition) is 6. The van der Waals surface area contributed by atoms with Crippen LogP contribution in [-0.2, 0) is 0 Å². The molecule has 3 aromatic rings. The number of rotatable bonds is 7. The minimum atomic E-state index is -5.00. The first-order chi connectivity index (χ1) is 20.5. The molecule has 1 aromatic heterocycles. The van der Waals surface area contributed by atoms with Gasteiger partial charge in [0.1, 0.15) is 5.75 Å². The molecule has 1 N–H and O–H groups in total. The molecule has 2 aromatic carbocycles. The first kappa shape index (κ1) is 19.8. The van der Waals surface area contributed by atoms with Gasteiger partial charge in [-0.3, -0.25) is 9.59 Å². The number of para-hydroxylation sites is 1. The lowest BCUT2D eigenvalue weighted by molar-refractivity contribution is -0.274. The summed E-state index contributed by atoms with van der Waals surface area (Å²) in [5, 5.41) is 2.78. The fraction of sp³-hybridized carbons (Fsp3) is 0.296. The average molecular weight is 536 g/mol. The van der Waals surface area contributed by atoms with Gasteiger partial charge in [-0.2, -0.15) is 0 Å². The van der Waals surface area contributed by atoms with Crippen molar-refractivity contribution in [1.29, 1.82) is 0 Å². The summed E-state index contributed by atoms with van der Waals surface area (Å²) < 4.78 is 96.4. The van der Waals surface area contributed by atoms with Gasteiger partial charge in [0, 0.05) is 37.3 Å². The van der Waals surface area contributed by atoms with Gasteiger partial charge < -0.3 is 24.4 Å². The molecule has 2 amide bonds. The Kier molecular flexibility index (Phi) is 5.94. The summed E-state index contributed by atoms with van der Waals surface area (Å²) in [5.41, 5.74) is 0.304. The van der Waals surface area contributed by atoms with Crippen molar-refractivity contribution in [3.8, 4) is 17.4 Å². The van der Waals surface area contributed by atoms with Crippen LogP contribution in [0, 0.1) is 0 Å². The van der Waals surface area contributed by atoms with Crippen LogP contribution in [0.3, 0.4) is 0 Å². The molecule has 2 atom stereocenters. The van der Waals surface area contributed by atoms with Crippen LogP contribution in [-0.4, -0.2) is 61.3 Å². The van der Waals surface area contributed by atoms with Gasteiger partial charge in [-0.05, 0) is 24.1 Å². The molecular weight excluding hydrogens is 503 g/mol. The third-order valence-corrected chi connectivity index (χ3v) is 6.07. The Bertz CT molecular complexity index is 1490. The number of carbonyl (C=O) groups is 2. The van der Waals surface area contributed by atoms with Crippen molar-refractivity contribution in [2.24, 2.45) is 0 Å². The van der Waals surface area contributed by atoms with Crippen molar-refractivity contribution < 1.29 is 45.2 Å². The highest BCUT2D eigenvalue weighted by Crippen LogP contribution is 2.31. The molecule has 1 saturated heterocycles. The molecule has 200 valence electrons. The molecule has 8 nitrogen and oxygen atoms in total. The topological polar surface area (TPSA) is 90.0 Å². The number of halogens is 3. The SMILES string of the molecule is [2H]C([2H])([2H])Oc1cc(C(=O)N2CC[C@@H](NC(=O)c3ccccc3OC(F)(F)F)[C@@H](c3ccccc3)C2)cnc1OC([2H])([2H])[2H]. The van der Waals surface area contributed by atoms with Crippen LogP contribution in [0.4, 0.5) is 13.2 Å². The highest BCUT2D eigenvalue weighted by molar-refractivity contribution is 5.97. The maximum absolute atomic E-state index is 13.5. The first-order valence-corrected chi connectivity index (χ1v) is 11.4. The average Bonchev–Trinajstić information content (AvgIpc) is 2.92. The fourth-order valence-electron chi connectivity index (χ4n) is 4.34. The standard InChI is InChI=1S/C27H26F3N3O5/c1-36-23-14-18(15-31-25(23)37-2)26(35)33-13-12-21(20(16-33)17-8-4-3-5-9-17)32-24(34)19-10-6-7-11-22(19)38-27(28,29)30/h3-11,14-15,20-21H,12-13,16H2,1-2H3,(H,32,34)/t20-,21-/m1/s1/i1D3,2D3. The second kappa shape index (κ2) is 11.4. The Balaban J connectivity index is 1.59. The summed E-state index contributed by atoms with van der Waals surface area (Å²) in [5.74, 6) is -3.77. The fourth-order valence-corrected chi connectivity index (χ4v) is 4.34. The van der Waals surface area contributed by atoms with E-state index in [0.29, 0.717) is 0 Å². The number of hydrogen-bond donors (Lipinski definition) is 1. The van der Waals surface area contributed by atoms with Crippen molar-refractivity contribution >= 4 is 11.8 Å². The number of amides is 2. The number of likely N-dealkylation sites (tertiary alicyclic amines) is 1. The van der Waals surface area contributed by atoms with E-state index in [4.69, 9.17) is 17.7 Å². The van der Waals surface area contributed by atoms with E-state index in [9.17, 15) is 22.8 Å². The van der Waals surface area contributed by atoms with Crippen LogP contribution in [0.25, 0.3) is 0 Å². The molecule has 38 heavy (non-hydrogen) atoms. The second-order valence-electron chi connectivity index (χ2n) is 8.41. The van der Waals surface area contributed by atoms with Crippen LogP contribution in [0.2, 0.25) is 0 Å². The van der Waals surface area contributed by atoms with E-state index in [1.807, 2.05) is 0 Å². The molecule has 0 radical (unpaired) electrons. The highest BCUT2D eigenvalue weighted by Gasteiger charge is 2.36. The van der Waals surface area contributed by atoms with Crippen LogP contribution in [0.15, 0.2) is 66.9 Å². The molecule has 1 aliphatic rings. The first-order valence-electron chi connectivity index (χ1n) is 14.4. The maximum Gasteiger partial charge on any atom is 0.573 e. The van der Waals surface area contributed by atoms with Crippen LogP contribution in [0.5, 0.6) is 17.4 Å². The number of nitrogens with zero attached hydrogens (tertiary/aromatic N) is 2. The van der Waals surface area contributed by atoms with Crippen molar-refractivity contribution in [3.05, 3.63) is 83.6 Å². The molecule has 1 fully saturated rings. The molecule has 2 heterocycles. The Morgan fingerprint density at radius 1 is 1.05 bits per heavy atom. The maximum atomic E-state index is 13.5. The van der Waals surface area contributed by atoms with Crippen LogP contribution < -0.4 is 19.5 Å². The second-order valence-corrected chi connectivity index (χ2v) is 8.41. The predicted octanol–water partition coefficient (Wildman–Crippen LogP) is 4.43. The Morgan fingerprint density at radius 3 is 2.53 bits per heavy atom. The van der Waals surface area contributed by atoms with Crippen molar-refractivity contribution in [2.75, 3.05) is 27.2 Å². The number of aromatic nitrogens is 1. The Hall–Kier alpha value is -4.28. The zero-order chi connectivity index (χ0) is 32.3. The van der Waals surface area contributed by atoms with Gasteiger partial charge in [0.05, 0.1) is 33.4 Å². The van der Waals surface area contributed by atoms with E-state index < -0.39 is 61.6 Å². The summed E-state index contributed by atoms with van der Waals surface area (Å²) >= 11 is 0. The summed E-state index contributed by atoms with van der Waals surface area (Å²) in [6.07, 6.45) is -3.78. The van der Waals surface area contributed by atoms with Gasteiger partial charge >= 0.3 is 6.36 Å². The van der Waals surface area contributed by atoms with Gasteiger partial charge in [0.25, 0.3) is 17.7 Å². The molecule has 0 bridgehead atoms. The summed E-state index contributed by atoms with van der Waals surface area (Å²) in [6.45, 7) is 0.147. The van der Waals surface area contributed by atoms with E-state index in [1.54, 1.807) is 30.3 Å². The van der Waals surface area contributed by atoms with Gasteiger partial charge in [-0.25, -0.2) is 4.98 Å². The monoisotopic (exact) mass is 535 g/mol. The largest absolute Gasteiger partial charge is 0.573 e. The van der Waals surface area contributed by atoms with E-state index >= 15 is 0 Å². The molecule has 0 spiro atoms. The molecular formula is C27H26F3N3O5. The summed E-state index contributed by atoms with van der Waals surface area (Å²) in [4.78, 5) is 31.9. The minimum Gasteiger partial charge on any atom is -0.491 e. The van der Waals surface area contributed by atoms with Crippen molar-refractivity contribution in [2.45, 2.75) is 24.7 Å². The smallest absolute Gasteiger partial charge is 0.491 e. The number of pyridine rings is 1. The molecule has 11 heteroatoms. The minimum absolute atomic E-state index is 0.0531. The molecule has 1 aliphatic heterocycles. The molecule has 0 unspecified atom stereocenters. The van der Waals surface area contributed by atoms with E-state index in [2.05, 4.69) is 15.0 Å².